The normalized spacial score (nSPS) is 10.9. The molecule has 0 aliphatic rings. The zero-order valence-electron chi connectivity index (χ0n) is 16.4. The number of amides is 3. The number of hydrogen-bond donors (Lipinski definition) is 2. The van der Waals surface area contributed by atoms with Crippen molar-refractivity contribution < 1.29 is 14.3 Å². The molecule has 0 atom stereocenters. The molecular formula is C21H19N5O3S. The summed E-state index contributed by atoms with van der Waals surface area (Å²) in [5, 5.41) is 15.0. The Morgan fingerprint density at radius 3 is 2.67 bits per heavy atom. The van der Waals surface area contributed by atoms with Crippen LogP contribution in [0.5, 0.6) is 5.75 Å². The van der Waals surface area contributed by atoms with E-state index in [4.69, 9.17) is 4.74 Å². The van der Waals surface area contributed by atoms with Gasteiger partial charge >= 0.3 is 6.03 Å². The molecule has 3 amide bonds. The molecule has 8 nitrogen and oxygen atoms in total. The maximum Gasteiger partial charge on any atom is 0.325 e. The zero-order valence-corrected chi connectivity index (χ0v) is 17.2. The first-order chi connectivity index (χ1) is 14.5. The summed E-state index contributed by atoms with van der Waals surface area (Å²) in [6.07, 6.45) is 0. The molecule has 4 aromatic rings. The second kappa shape index (κ2) is 8.42. The number of carbonyl (C=O) groups is 2. The SMILES string of the molecule is COc1ccc2c(C)cc3nnc(SCC(=O)NC(=O)Nc4ccccc4)n3c2c1. The highest BCUT2D eigenvalue weighted by Crippen LogP contribution is 2.28. The van der Waals surface area contributed by atoms with E-state index in [0.29, 0.717) is 16.5 Å². The summed E-state index contributed by atoms with van der Waals surface area (Å²) in [5.74, 6) is 0.302. The summed E-state index contributed by atoms with van der Waals surface area (Å²) in [6.45, 7) is 2.01. The maximum atomic E-state index is 12.2. The van der Waals surface area contributed by atoms with Crippen LogP contribution in [0.25, 0.3) is 16.6 Å². The molecule has 2 N–H and O–H groups in total. The number of urea groups is 1. The van der Waals surface area contributed by atoms with Crippen molar-refractivity contribution in [2.24, 2.45) is 0 Å². The summed E-state index contributed by atoms with van der Waals surface area (Å²) in [6, 6.07) is 16.1. The van der Waals surface area contributed by atoms with Gasteiger partial charge in [0.15, 0.2) is 10.8 Å². The van der Waals surface area contributed by atoms with Gasteiger partial charge in [0.05, 0.1) is 18.4 Å². The minimum absolute atomic E-state index is 0.0162. The molecule has 0 fully saturated rings. The van der Waals surface area contributed by atoms with Gasteiger partial charge in [-0.3, -0.25) is 14.5 Å². The van der Waals surface area contributed by atoms with Crippen LogP contribution in [-0.4, -0.2) is 39.4 Å². The number of methoxy groups -OCH3 is 1. The van der Waals surface area contributed by atoms with E-state index < -0.39 is 11.9 Å². The molecular weight excluding hydrogens is 402 g/mol. The number of anilines is 1. The van der Waals surface area contributed by atoms with Gasteiger partial charge in [-0.1, -0.05) is 30.0 Å². The number of nitrogens with zero attached hydrogens (tertiary/aromatic N) is 3. The lowest BCUT2D eigenvalue weighted by atomic mass is 10.1. The molecule has 2 aromatic heterocycles. The van der Waals surface area contributed by atoms with Crippen molar-refractivity contribution in [3.8, 4) is 5.75 Å². The Labute approximate surface area is 176 Å². The van der Waals surface area contributed by atoms with Crippen LogP contribution in [-0.2, 0) is 4.79 Å². The Kier molecular flexibility index (Phi) is 5.53. The minimum atomic E-state index is -0.580. The summed E-state index contributed by atoms with van der Waals surface area (Å²) in [7, 11) is 1.61. The first-order valence-electron chi connectivity index (χ1n) is 9.16. The first kappa shape index (κ1) is 19.7. The van der Waals surface area contributed by atoms with Crippen molar-refractivity contribution in [1.29, 1.82) is 0 Å². The molecule has 0 bridgehead atoms. The molecule has 152 valence electrons. The number of rotatable bonds is 5. The van der Waals surface area contributed by atoms with Crippen LogP contribution in [0.1, 0.15) is 5.56 Å². The van der Waals surface area contributed by atoms with E-state index in [1.807, 2.05) is 41.7 Å². The third-order valence-electron chi connectivity index (χ3n) is 4.49. The predicted molar refractivity (Wildman–Crippen MR) is 116 cm³/mol. The van der Waals surface area contributed by atoms with Crippen molar-refractivity contribution in [3.63, 3.8) is 0 Å². The lowest BCUT2D eigenvalue weighted by molar-refractivity contribution is -0.117. The van der Waals surface area contributed by atoms with E-state index in [1.165, 1.54) is 11.8 Å². The predicted octanol–water partition coefficient (Wildman–Crippen LogP) is 3.64. The summed E-state index contributed by atoms with van der Waals surface area (Å²) in [5.41, 5.74) is 3.24. The van der Waals surface area contributed by atoms with Crippen molar-refractivity contribution in [3.05, 3.63) is 60.2 Å². The van der Waals surface area contributed by atoms with E-state index in [9.17, 15) is 9.59 Å². The summed E-state index contributed by atoms with van der Waals surface area (Å²) >= 11 is 1.20. The number of para-hydroxylation sites is 1. The highest BCUT2D eigenvalue weighted by atomic mass is 32.2. The smallest absolute Gasteiger partial charge is 0.325 e. The molecule has 0 aliphatic carbocycles. The minimum Gasteiger partial charge on any atom is -0.497 e. The molecule has 0 aliphatic heterocycles. The van der Waals surface area contributed by atoms with Gasteiger partial charge in [-0.2, -0.15) is 0 Å². The van der Waals surface area contributed by atoms with Crippen LogP contribution in [0.2, 0.25) is 0 Å². The van der Waals surface area contributed by atoms with Gasteiger partial charge in [-0.05, 0) is 42.8 Å². The largest absolute Gasteiger partial charge is 0.497 e. The number of aryl methyl sites for hydroxylation is 1. The molecule has 0 unspecified atom stereocenters. The Hall–Kier alpha value is -3.59. The van der Waals surface area contributed by atoms with Gasteiger partial charge < -0.3 is 10.1 Å². The molecule has 0 radical (unpaired) electrons. The van der Waals surface area contributed by atoms with Crippen LogP contribution < -0.4 is 15.4 Å². The standard InChI is InChI=1S/C21H19N5O3S/c1-13-10-18-24-25-21(26(18)17-11-15(29-2)8-9-16(13)17)30-12-19(27)23-20(28)22-14-6-4-3-5-7-14/h3-11H,12H2,1-2H3,(H2,22,23,27,28). The Balaban J connectivity index is 1.50. The number of ether oxygens (including phenoxy) is 1. The number of pyridine rings is 1. The van der Waals surface area contributed by atoms with E-state index in [1.54, 1.807) is 31.4 Å². The highest BCUT2D eigenvalue weighted by molar-refractivity contribution is 7.99. The van der Waals surface area contributed by atoms with Gasteiger partial charge in [-0.25, -0.2) is 4.79 Å². The number of carbonyl (C=O) groups excluding carboxylic acids is 2. The van der Waals surface area contributed by atoms with Gasteiger partial charge in [0.25, 0.3) is 0 Å². The Morgan fingerprint density at radius 2 is 1.90 bits per heavy atom. The molecule has 0 saturated carbocycles. The molecule has 4 rings (SSSR count). The lowest BCUT2D eigenvalue weighted by Gasteiger charge is -2.09. The third kappa shape index (κ3) is 4.06. The monoisotopic (exact) mass is 421 g/mol. The van der Waals surface area contributed by atoms with Crippen LogP contribution >= 0.6 is 11.8 Å². The van der Waals surface area contributed by atoms with Crippen LogP contribution in [0.3, 0.4) is 0 Å². The molecule has 0 spiro atoms. The van der Waals surface area contributed by atoms with Gasteiger partial charge in [0.1, 0.15) is 5.75 Å². The lowest BCUT2D eigenvalue weighted by Crippen LogP contribution is -2.35. The zero-order chi connectivity index (χ0) is 21.1. The topological polar surface area (TPSA) is 97.6 Å². The van der Waals surface area contributed by atoms with Crippen molar-refractivity contribution in [1.82, 2.24) is 19.9 Å². The number of hydrogen-bond acceptors (Lipinski definition) is 6. The molecule has 2 aromatic carbocycles. The quantitative estimate of drug-likeness (QED) is 0.478. The number of nitrogens with one attached hydrogen (secondary N) is 2. The fourth-order valence-corrected chi connectivity index (χ4v) is 3.85. The number of aromatic nitrogens is 3. The number of thioether (sulfide) groups is 1. The molecule has 2 heterocycles. The number of imide groups is 1. The first-order valence-corrected chi connectivity index (χ1v) is 10.1. The van der Waals surface area contributed by atoms with Crippen molar-refractivity contribution >= 4 is 45.9 Å². The number of fused-ring (bicyclic) bond motifs is 3. The second-order valence-electron chi connectivity index (χ2n) is 6.54. The van der Waals surface area contributed by atoms with Gasteiger partial charge in [0.2, 0.25) is 5.91 Å². The third-order valence-corrected chi connectivity index (χ3v) is 5.42. The summed E-state index contributed by atoms with van der Waals surface area (Å²) < 4.78 is 7.23. The van der Waals surface area contributed by atoms with E-state index >= 15 is 0 Å². The van der Waals surface area contributed by atoms with Crippen LogP contribution in [0.15, 0.2) is 59.8 Å². The maximum absolute atomic E-state index is 12.2. The average molecular weight is 421 g/mol. The fourth-order valence-electron chi connectivity index (χ4n) is 3.10. The Morgan fingerprint density at radius 1 is 1.10 bits per heavy atom. The summed E-state index contributed by atoms with van der Waals surface area (Å²) in [4.78, 5) is 24.2. The molecule has 9 heteroatoms. The molecule has 0 saturated heterocycles. The van der Waals surface area contributed by atoms with Crippen molar-refractivity contribution in [2.45, 2.75) is 12.1 Å². The second-order valence-corrected chi connectivity index (χ2v) is 7.49. The van der Waals surface area contributed by atoms with Crippen LogP contribution in [0.4, 0.5) is 10.5 Å². The fraction of sp³-hybridized carbons (Fsp3) is 0.143. The molecule has 30 heavy (non-hydrogen) atoms. The van der Waals surface area contributed by atoms with E-state index in [0.717, 1.165) is 22.2 Å². The van der Waals surface area contributed by atoms with Gasteiger partial charge in [0, 0.05) is 17.1 Å². The Bertz CT molecular complexity index is 1240. The van der Waals surface area contributed by atoms with E-state index in [-0.39, 0.29) is 5.75 Å². The number of benzene rings is 2. The average Bonchev–Trinajstić information content (AvgIpc) is 3.15. The van der Waals surface area contributed by atoms with Crippen LogP contribution in [0, 0.1) is 6.92 Å². The van der Waals surface area contributed by atoms with E-state index in [2.05, 4.69) is 20.8 Å². The highest BCUT2D eigenvalue weighted by Gasteiger charge is 2.15. The van der Waals surface area contributed by atoms with Crippen molar-refractivity contribution in [2.75, 3.05) is 18.2 Å². The van der Waals surface area contributed by atoms with Gasteiger partial charge in [-0.15, -0.1) is 10.2 Å².